The Bertz CT molecular complexity index is 1150. The van der Waals surface area contributed by atoms with Crippen LogP contribution >= 0.6 is 0 Å². The largest absolute Gasteiger partial charge is 0.490 e. The van der Waals surface area contributed by atoms with Crippen LogP contribution in [0.3, 0.4) is 0 Å². The lowest BCUT2D eigenvalue weighted by Crippen LogP contribution is -2.40. The minimum atomic E-state index is -1.21. The van der Waals surface area contributed by atoms with Crippen LogP contribution < -0.4 is 32.5 Å². The van der Waals surface area contributed by atoms with Gasteiger partial charge >= 0.3 is 0 Å². The Morgan fingerprint density at radius 1 is 1.24 bits per heavy atom. The number of hydrazone groups is 1. The van der Waals surface area contributed by atoms with Crippen LogP contribution in [-0.2, 0) is 6.54 Å². The number of nitrogens with one attached hydrogen (secondary N) is 1. The van der Waals surface area contributed by atoms with Gasteiger partial charge in [0.05, 0.1) is 24.1 Å². The number of hydrogen-bond donors (Lipinski definition) is 4. The highest BCUT2D eigenvalue weighted by molar-refractivity contribution is 6.12. The summed E-state index contributed by atoms with van der Waals surface area (Å²) in [7, 11) is 1.79. The highest BCUT2D eigenvalue weighted by Gasteiger charge is 2.23. The zero-order valence-electron chi connectivity index (χ0n) is 19.1. The second kappa shape index (κ2) is 11.4. The first-order valence-corrected chi connectivity index (χ1v) is 10.8. The lowest BCUT2D eigenvalue weighted by Gasteiger charge is -2.22. The predicted molar refractivity (Wildman–Crippen MR) is 128 cm³/mol. The molecule has 0 aliphatic heterocycles. The molecule has 0 amide bonds. The fourth-order valence-corrected chi connectivity index (χ4v) is 3.30. The molecule has 12 heteroatoms. The zero-order valence-corrected chi connectivity index (χ0v) is 19.1. The summed E-state index contributed by atoms with van der Waals surface area (Å²) in [4.78, 5) is 4.19. The van der Waals surface area contributed by atoms with Crippen molar-refractivity contribution in [1.82, 2.24) is 20.1 Å². The first kappa shape index (κ1) is 24.9. The topological polar surface area (TPSA) is 146 Å². The van der Waals surface area contributed by atoms with E-state index in [1.807, 2.05) is 6.20 Å². The number of aryl methyl sites for hydroxylation is 1. The molecule has 3 aromatic rings. The van der Waals surface area contributed by atoms with Crippen molar-refractivity contribution < 1.29 is 13.5 Å². The quantitative estimate of drug-likeness (QED) is 0.115. The molecule has 0 saturated carbocycles. The summed E-state index contributed by atoms with van der Waals surface area (Å²) in [5, 5.41) is 11.8. The van der Waals surface area contributed by atoms with E-state index >= 15 is 0 Å². The van der Waals surface area contributed by atoms with Crippen molar-refractivity contribution in [2.24, 2.45) is 16.8 Å². The number of nitrogens with zero attached hydrogens (tertiary/aromatic N) is 5. The van der Waals surface area contributed by atoms with Crippen LogP contribution in [0.2, 0.25) is 0 Å². The number of nitrogen functional groups attached to an aromatic ring is 1. The first-order chi connectivity index (χ1) is 16.4. The molecule has 0 atom stereocenters. The average Bonchev–Trinajstić information content (AvgIpc) is 3.30. The Labute approximate surface area is 196 Å². The van der Waals surface area contributed by atoms with E-state index in [-0.39, 0.29) is 35.3 Å². The van der Waals surface area contributed by atoms with Crippen LogP contribution in [0.5, 0.6) is 5.75 Å². The molecular weight excluding hydrogens is 444 g/mol. The third-order valence-electron chi connectivity index (χ3n) is 5.04. The number of pyridine rings is 1. The number of anilines is 2. The number of hydrogen-bond acceptors (Lipinski definition) is 8. The fourth-order valence-electron chi connectivity index (χ4n) is 3.30. The van der Waals surface area contributed by atoms with Gasteiger partial charge in [-0.2, -0.15) is 14.6 Å². The Kier molecular flexibility index (Phi) is 8.33. The number of ether oxygens (including phenoxy) is 1. The summed E-state index contributed by atoms with van der Waals surface area (Å²) < 4.78 is 36.6. The molecule has 2 heterocycles. The van der Waals surface area contributed by atoms with E-state index in [1.54, 1.807) is 30.2 Å². The molecule has 0 spiro atoms. The highest BCUT2D eigenvalue weighted by atomic mass is 19.2. The molecule has 10 nitrogen and oxygen atoms in total. The summed E-state index contributed by atoms with van der Waals surface area (Å²) in [5.74, 6) is 9.05. The molecule has 34 heavy (non-hydrogen) atoms. The molecular formula is C22H29F2N9O. The van der Waals surface area contributed by atoms with Crippen molar-refractivity contribution in [3.05, 3.63) is 54.0 Å². The molecule has 0 unspecified atom stereocenters. The number of rotatable bonds is 10. The summed E-state index contributed by atoms with van der Waals surface area (Å²) in [6.45, 7) is 3.72. The number of nitrogens with two attached hydrogens (primary N) is 3. The molecule has 2 aromatic heterocycles. The second-order valence-electron chi connectivity index (χ2n) is 7.49. The molecule has 0 aliphatic rings. The monoisotopic (exact) mass is 473 g/mol. The van der Waals surface area contributed by atoms with E-state index in [0.29, 0.717) is 18.5 Å². The molecule has 0 fully saturated rings. The van der Waals surface area contributed by atoms with Crippen molar-refractivity contribution >= 4 is 17.3 Å². The van der Waals surface area contributed by atoms with Gasteiger partial charge in [-0.25, -0.2) is 15.2 Å². The van der Waals surface area contributed by atoms with E-state index in [2.05, 4.69) is 27.4 Å². The Balaban J connectivity index is 1.89. The van der Waals surface area contributed by atoms with Gasteiger partial charge in [0, 0.05) is 30.1 Å². The van der Waals surface area contributed by atoms with Gasteiger partial charge in [-0.15, -0.1) is 0 Å². The summed E-state index contributed by atoms with van der Waals surface area (Å²) in [6, 6.07) is 4.23. The molecule has 0 bridgehead atoms. The standard InChI is InChI=1S/C22H29F2N9O/c1-3-8-32-13-15(12-30-32)14-10-16(21(25)29-11-14)22(31-26)33(27)17-5-6-18(20(24)19(17)23)34-9-4-7-28-2/h5-6,10-13,28H,3-4,7-9,26-27H2,1-2H3,(H2,25,29)/b31-22-. The van der Waals surface area contributed by atoms with Crippen LogP contribution in [0, 0.1) is 11.6 Å². The van der Waals surface area contributed by atoms with E-state index in [9.17, 15) is 8.78 Å². The third-order valence-corrected chi connectivity index (χ3v) is 5.04. The maximum atomic E-state index is 14.9. The van der Waals surface area contributed by atoms with Gasteiger partial charge in [0.25, 0.3) is 0 Å². The number of halogens is 2. The van der Waals surface area contributed by atoms with Gasteiger partial charge in [0.15, 0.2) is 17.4 Å². The normalized spacial score (nSPS) is 11.6. The lowest BCUT2D eigenvalue weighted by atomic mass is 10.1. The van der Waals surface area contributed by atoms with Crippen molar-refractivity contribution in [1.29, 1.82) is 0 Å². The molecule has 0 saturated heterocycles. The first-order valence-electron chi connectivity index (χ1n) is 10.8. The van der Waals surface area contributed by atoms with Crippen molar-refractivity contribution in [3.8, 4) is 16.9 Å². The van der Waals surface area contributed by atoms with Crippen molar-refractivity contribution in [3.63, 3.8) is 0 Å². The SMILES string of the molecule is CCCn1cc(-c2cnc(N)c(/C(=N/N)N(N)c3ccc(OCCCNC)c(F)c3F)c2)cn1. The predicted octanol–water partition coefficient (Wildman–Crippen LogP) is 2.20. The minimum Gasteiger partial charge on any atom is -0.490 e. The highest BCUT2D eigenvalue weighted by Crippen LogP contribution is 2.30. The maximum Gasteiger partial charge on any atom is 0.202 e. The number of hydrazine groups is 1. The van der Waals surface area contributed by atoms with Gasteiger partial charge in [-0.05, 0) is 44.6 Å². The Morgan fingerprint density at radius 3 is 2.74 bits per heavy atom. The smallest absolute Gasteiger partial charge is 0.202 e. The average molecular weight is 474 g/mol. The van der Waals surface area contributed by atoms with Gasteiger partial charge in [-0.1, -0.05) is 6.92 Å². The van der Waals surface area contributed by atoms with Gasteiger partial charge in [0.1, 0.15) is 5.82 Å². The van der Waals surface area contributed by atoms with E-state index < -0.39 is 11.6 Å². The maximum absolute atomic E-state index is 14.9. The van der Waals surface area contributed by atoms with E-state index in [1.165, 1.54) is 12.1 Å². The van der Waals surface area contributed by atoms with Gasteiger partial charge < -0.3 is 21.6 Å². The Hall–Kier alpha value is -3.77. The number of aromatic nitrogens is 3. The molecule has 0 radical (unpaired) electrons. The molecule has 3 rings (SSSR count). The van der Waals surface area contributed by atoms with Crippen molar-refractivity contribution in [2.45, 2.75) is 26.3 Å². The van der Waals surface area contributed by atoms with E-state index in [4.69, 9.17) is 22.2 Å². The number of benzene rings is 1. The molecule has 182 valence electrons. The second-order valence-corrected chi connectivity index (χ2v) is 7.49. The van der Waals surface area contributed by atoms with Crippen LogP contribution in [-0.4, -0.2) is 40.8 Å². The molecule has 0 aliphatic carbocycles. The minimum absolute atomic E-state index is 0.0646. The van der Waals surface area contributed by atoms with Crippen LogP contribution in [0.4, 0.5) is 20.3 Å². The third kappa shape index (κ3) is 5.41. The lowest BCUT2D eigenvalue weighted by molar-refractivity contribution is 0.289. The van der Waals surface area contributed by atoms with Crippen LogP contribution in [0.15, 0.2) is 41.9 Å². The molecule has 7 N–H and O–H groups in total. The van der Waals surface area contributed by atoms with E-state index in [0.717, 1.165) is 23.5 Å². The van der Waals surface area contributed by atoms with Crippen LogP contribution in [0.25, 0.3) is 11.1 Å². The Morgan fingerprint density at radius 2 is 2.03 bits per heavy atom. The summed E-state index contributed by atoms with van der Waals surface area (Å²) in [5.41, 5.74) is 7.46. The van der Waals surface area contributed by atoms with Gasteiger partial charge in [-0.3, -0.25) is 9.69 Å². The zero-order chi connectivity index (χ0) is 24.7. The molecule has 1 aromatic carbocycles. The number of amidine groups is 1. The summed E-state index contributed by atoms with van der Waals surface area (Å²) in [6.07, 6.45) is 6.69. The van der Waals surface area contributed by atoms with Crippen LogP contribution in [0.1, 0.15) is 25.3 Å². The summed E-state index contributed by atoms with van der Waals surface area (Å²) >= 11 is 0. The fraction of sp³-hybridized carbons (Fsp3) is 0.318. The van der Waals surface area contributed by atoms with Crippen molar-refractivity contribution in [2.75, 3.05) is 30.9 Å². The van der Waals surface area contributed by atoms with Gasteiger partial charge in [0.2, 0.25) is 5.82 Å².